The fourth-order valence-electron chi connectivity index (χ4n) is 1.52. The van der Waals surface area contributed by atoms with Gasteiger partial charge in [-0.15, -0.1) is 11.3 Å². The van der Waals surface area contributed by atoms with E-state index < -0.39 is 10.0 Å². The highest BCUT2D eigenvalue weighted by Gasteiger charge is 2.18. The first kappa shape index (κ1) is 15.9. The van der Waals surface area contributed by atoms with E-state index in [1.54, 1.807) is 17.0 Å². The molecule has 3 N–H and O–H groups in total. The Morgan fingerprint density at radius 1 is 1.43 bits per heavy atom. The third-order valence-electron chi connectivity index (χ3n) is 2.48. The standard InChI is InChI=1S/C13H12ClN3O2S2/c14-12-6-10(2-1-5-15)3-4-13(12)21(18,19)17-7-11-8-20-9-16-11/h3-4,6,8-9,17H,5,7,15H2. The van der Waals surface area contributed by atoms with Crippen LogP contribution in [0.3, 0.4) is 0 Å². The summed E-state index contributed by atoms with van der Waals surface area (Å²) in [6, 6.07) is 4.51. The van der Waals surface area contributed by atoms with E-state index in [4.69, 9.17) is 17.3 Å². The van der Waals surface area contributed by atoms with Gasteiger partial charge in [0.05, 0.1) is 29.3 Å². The van der Waals surface area contributed by atoms with Crippen molar-refractivity contribution in [2.45, 2.75) is 11.4 Å². The number of sulfonamides is 1. The molecular formula is C13H12ClN3O2S2. The Morgan fingerprint density at radius 3 is 2.86 bits per heavy atom. The number of nitrogens with zero attached hydrogens (tertiary/aromatic N) is 1. The van der Waals surface area contributed by atoms with Crippen molar-refractivity contribution in [2.24, 2.45) is 5.73 Å². The number of nitrogens with two attached hydrogens (primary N) is 1. The molecule has 0 spiro atoms. The number of benzene rings is 1. The Labute approximate surface area is 132 Å². The molecule has 1 heterocycles. The molecule has 0 aliphatic heterocycles. The smallest absolute Gasteiger partial charge is 0.242 e. The average Bonchev–Trinajstić information content (AvgIpc) is 2.96. The van der Waals surface area contributed by atoms with Crippen LogP contribution in [0.5, 0.6) is 0 Å². The molecule has 8 heteroatoms. The average molecular weight is 342 g/mol. The minimum Gasteiger partial charge on any atom is -0.320 e. The summed E-state index contributed by atoms with van der Waals surface area (Å²) in [6.45, 7) is 0.351. The van der Waals surface area contributed by atoms with Crippen molar-refractivity contribution in [3.8, 4) is 11.8 Å². The van der Waals surface area contributed by atoms with Crippen molar-refractivity contribution >= 4 is 33.0 Å². The first-order valence-corrected chi connectivity index (χ1v) is 8.68. The van der Waals surface area contributed by atoms with Gasteiger partial charge in [0, 0.05) is 10.9 Å². The number of aromatic nitrogens is 1. The zero-order chi connectivity index (χ0) is 15.3. The van der Waals surface area contributed by atoms with E-state index in [0.717, 1.165) is 0 Å². The monoisotopic (exact) mass is 341 g/mol. The second kappa shape index (κ2) is 7.02. The van der Waals surface area contributed by atoms with E-state index in [2.05, 4.69) is 21.5 Å². The number of hydrogen-bond donors (Lipinski definition) is 2. The maximum atomic E-state index is 12.2. The van der Waals surface area contributed by atoms with Crippen LogP contribution in [-0.2, 0) is 16.6 Å². The molecule has 110 valence electrons. The van der Waals surface area contributed by atoms with Crippen LogP contribution < -0.4 is 10.5 Å². The molecule has 21 heavy (non-hydrogen) atoms. The van der Waals surface area contributed by atoms with Crippen LogP contribution in [0, 0.1) is 11.8 Å². The molecule has 2 rings (SSSR count). The van der Waals surface area contributed by atoms with Crippen molar-refractivity contribution in [3.63, 3.8) is 0 Å². The normalized spacial score (nSPS) is 11.0. The summed E-state index contributed by atoms with van der Waals surface area (Å²) in [5.74, 6) is 5.48. The molecule has 0 saturated heterocycles. The Hall–Kier alpha value is -1.43. The van der Waals surface area contributed by atoms with Crippen LogP contribution in [0.1, 0.15) is 11.3 Å². The van der Waals surface area contributed by atoms with E-state index in [1.165, 1.54) is 23.5 Å². The maximum absolute atomic E-state index is 12.2. The quantitative estimate of drug-likeness (QED) is 0.827. The molecule has 1 aromatic heterocycles. The van der Waals surface area contributed by atoms with Gasteiger partial charge < -0.3 is 5.73 Å². The molecule has 0 bridgehead atoms. The predicted octanol–water partition coefficient (Wildman–Crippen LogP) is 1.59. The molecule has 0 fully saturated rings. The summed E-state index contributed by atoms with van der Waals surface area (Å²) < 4.78 is 26.9. The highest BCUT2D eigenvalue weighted by Crippen LogP contribution is 2.22. The van der Waals surface area contributed by atoms with Crippen molar-refractivity contribution in [1.29, 1.82) is 0 Å². The summed E-state index contributed by atoms with van der Waals surface area (Å²) in [7, 11) is -3.69. The molecule has 2 aromatic rings. The van der Waals surface area contributed by atoms with Gasteiger partial charge in [-0.05, 0) is 18.2 Å². The minimum absolute atomic E-state index is 0.0118. The summed E-state index contributed by atoms with van der Waals surface area (Å²) in [6.07, 6.45) is 0. The molecule has 5 nitrogen and oxygen atoms in total. The van der Waals surface area contributed by atoms with Crippen LogP contribution in [0.2, 0.25) is 5.02 Å². The van der Waals surface area contributed by atoms with Crippen LogP contribution in [0.25, 0.3) is 0 Å². The molecular weight excluding hydrogens is 330 g/mol. The van der Waals surface area contributed by atoms with E-state index in [9.17, 15) is 8.42 Å². The van der Waals surface area contributed by atoms with Gasteiger partial charge in [0.2, 0.25) is 10.0 Å². The molecule has 0 unspecified atom stereocenters. The summed E-state index contributed by atoms with van der Waals surface area (Å²) in [5.41, 5.74) is 8.19. The molecule has 0 amide bonds. The third kappa shape index (κ3) is 4.27. The van der Waals surface area contributed by atoms with Crippen molar-refractivity contribution in [2.75, 3.05) is 6.54 Å². The number of thiazole rings is 1. The minimum atomic E-state index is -3.69. The van der Waals surface area contributed by atoms with E-state index in [0.29, 0.717) is 11.3 Å². The van der Waals surface area contributed by atoms with Crippen LogP contribution >= 0.6 is 22.9 Å². The lowest BCUT2D eigenvalue weighted by atomic mass is 10.2. The fraction of sp³-hybridized carbons (Fsp3) is 0.154. The number of nitrogens with one attached hydrogen (secondary N) is 1. The first-order chi connectivity index (χ1) is 10.0. The van der Waals surface area contributed by atoms with Crippen LogP contribution in [0.15, 0.2) is 34.0 Å². The van der Waals surface area contributed by atoms with Gasteiger partial charge in [-0.25, -0.2) is 18.1 Å². The van der Waals surface area contributed by atoms with Crippen molar-refractivity contribution in [3.05, 3.63) is 45.4 Å². The lowest BCUT2D eigenvalue weighted by Gasteiger charge is -2.07. The second-order valence-corrected chi connectivity index (χ2v) is 6.82. The number of rotatable bonds is 4. The van der Waals surface area contributed by atoms with Gasteiger partial charge in [0.15, 0.2) is 0 Å². The highest BCUT2D eigenvalue weighted by atomic mass is 35.5. The lowest BCUT2D eigenvalue weighted by molar-refractivity contribution is 0.580. The molecule has 1 aromatic carbocycles. The Balaban J connectivity index is 2.19. The van der Waals surface area contributed by atoms with Crippen molar-refractivity contribution < 1.29 is 8.42 Å². The molecule has 0 atom stereocenters. The second-order valence-electron chi connectivity index (χ2n) is 3.96. The Kier molecular flexibility index (Phi) is 5.33. The Morgan fingerprint density at radius 2 is 2.24 bits per heavy atom. The molecule has 0 saturated carbocycles. The Bertz CT molecular complexity index is 777. The van der Waals surface area contributed by atoms with Gasteiger partial charge in [0.25, 0.3) is 0 Å². The van der Waals surface area contributed by atoms with Crippen LogP contribution in [0.4, 0.5) is 0 Å². The van der Waals surface area contributed by atoms with E-state index in [-0.39, 0.29) is 23.0 Å². The van der Waals surface area contributed by atoms with Gasteiger partial charge in [-0.3, -0.25) is 0 Å². The zero-order valence-corrected chi connectivity index (χ0v) is 13.2. The van der Waals surface area contributed by atoms with Gasteiger partial charge >= 0.3 is 0 Å². The van der Waals surface area contributed by atoms with Gasteiger partial charge in [-0.2, -0.15) is 0 Å². The topological polar surface area (TPSA) is 85.1 Å². The van der Waals surface area contributed by atoms with Crippen molar-refractivity contribution in [1.82, 2.24) is 9.71 Å². The number of halogens is 1. The summed E-state index contributed by atoms with van der Waals surface area (Å²) in [5, 5.41) is 1.89. The molecule has 0 aliphatic carbocycles. The fourth-order valence-corrected chi connectivity index (χ4v) is 3.62. The lowest BCUT2D eigenvalue weighted by Crippen LogP contribution is -2.23. The van der Waals surface area contributed by atoms with Crippen LogP contribution in [-0.4, -0.2) is 19.9 Å². The summed E-state index contributed by atoms with van der Waals surface area (Å²) in [4.78, 5) is 4.02. The zero-order valence-electron chi connectivity index (χ0n) is 10.8. The molecule has 0 aliphatic rings. The van der Waals surface area contributed by atoms with Gasteiger partial charge in [0.1, 0.15) is 4.90 Å². The maximum Gasteiger partial charge on any atom is 0.242 e. The SMILES string of the molecule is NCC#Cc1ccc(S(=O)(=O)NCc2cscn2)c(Cl)c1. The third-order valence-corrected chi connectivity index (χ3v) is 5.00. The van der Waals surface area contributed by atoms with E-state index in [1.807, 2.05) is 0 Å². The summed E-state index contributed by atoms with van der Waals surface area (Å²) >= 11 is 7.42. The number of hydrogen-bond acceptors (Lipinski definition) is 5. The predicted molar refractivity (Wildman–Crippen MR) is 83.5 cm³/mol. The first-order valence-electron chi connectivity index (χ1n) is 5.88. The molecule has 0 radical (unpaired) electrons. The van der Waals surface area contributed by atoms with E-state index >= 15 is 0 Å². The largest absolute Gasteiger partial charge is 0.320 e. The van der Waals surface area contributed by atoms with Gasteiger partial charge in [-0.1, -0.05) is 23.4 Å². The highest BCUT2D eigenvalue weighted by molar-refractivity contribution is 7.89.